The summed E-state index contributed by atoms with van der Waals surface area (Å²) < 4.78 is 14.8. The van der Waals surface area contributed by atoms with E-state index in [4.69, 9.17) is 0 Å². The first kappa shape index (κ1) is 11.8. The zero-order valence-electron chi connectivity index (χ0n) is 9.71. The molecule has 0 fully saturated rings. The number of hydrogen-bond donors (Lipinski definition) is 1. The van der Waals surface area contributed by atoms with E-state index in [1.807, 2.05) is 18.2 Å². The van der Waals surface area contributed by atoms with Crippen molar-refractivity contribution in [1.29, 1.82) is 0 Å². The van der Waals surface area contributed by atoms with E-state index < -0.39 is 5.97 Å². The number of rotatable bonds is 2. The molecule has 3 rings (SSSR count). The third-order valence-electron chi connectivity index (χ3n) is 2.80. The Bertz CT molecular complexity index is 765. The molecule has 0 aliphatic heterocycles. The maximum Gasteiger partial charge on any atom is 0.353 e. The Hall–Kier alpha value is -2.27. The number of carboxylic acids is 1. The molecule has 3 aromatic rings. The van der Waals surface area contributed by atoms with E-state index in [0.717, 1.165) is 4.83 Å². The normalized spacial score (nSPS) is 10.8. The fourth-order valence-electron chi connectivity index (χ4n) is 1.98. The van der Waals surface area contributed by atoms with Gasteiger partial charge in [0.1, 0.15) is 5.82 Å². The summed E-state index contributed by atoms with van der Waals surface area (Å²) in [5.41, 5.74) is 1.26. The number of aromatic carboxylic acids is 1. The van der Waals surface area contributed by atoms with Crippen LogP contribution >= 0.6 is 11.3 Å². The molecule has 19 heavy (non-hydrogen) atoms. The van der Waals surface area contributed by atoms with Gasteiger partial charge in [-0.2, -0.15) is 0 Å². The van der Waals surface area contributed by atoms with Crippen molar-refractivity contribution in [2.45, 2.75) is 0 Å². The Morgan fingerprint density at radius 1 is 1.16 bits per heavy atom. The van der Waals surface area contributed by atoms with Crippen LogP contribution in [0, 0.1) is 5.82 Å². The third-order valence-corrected chi connectivity index (χ3v) is 3.91. The lowest BCUT2D eigenvalue weighted by Crippen LogP contribution is -2.21. The quantitative estimate of drug-likeness (QED) is 0.730. The van der Waals surface area contributed by atoms with Gasteiger partial charge in [0, 0.05) is 17.7 Å². The summed E-state index contributed by atoms with van der Waals surface area (Å²) in [4.78, 5) is 12.4. The SMILES string of the molecule is O=C(O)c1sc2cccc[n+]2c1-c1ccc(F)cc1. The van der Waals surface area contributed by atoms with Crippen LogP contribution < -0.4 is 4.40 Å². The minimum Gasteiger partial charge on any atom is -0.477 e. The molecule has 0 radical (unpaired) electrons. The van der Waals surface area contributed by atoms with Crippen LogP contribution in [0.4, 0.5) is 4.39 Å². The molecule has 0 spiro atoms. The Kier molecular flexibility index (Phi) is 2.76. The lowest BCUT2D eigenvalue weighted by Gasteiger charge is -1.96. The Morgan fingerprint density at radius 3 is 2.58 bits per heavy atom. The van der Waals surface area contributed by atoms with Crippen molar-refractivity contribution in [3.63, 3.8) is 0 Å². The lowest BCUT2D eigenvalue weighted by atomic mass is 10.1. The first-order valence-corrected chi connectivity index (χ1v) is 6.41. The van der Waals surface area contributed by atoms with Crippen molar-refractivity contribution in [3.8, 4) is 11.3 Å². The van der Waals surface area contributed by atoms with Gasteiger partial charge in [-0.3, -0.25) is 0 Å². The van der Waals surface area contributed by atoms with Gasteiger partial charge in [-0.15, -0.1) is 4.40 Å². The zero-order valence-corrected chi connectivity index (χ0v) is 10.5. The molecule has 0 amide bonds. The van der Waals surface area contributed by atoms with E-state index in [1.54, 1.807) is 22.7 Å². The highest BCUT2D eigenvalue weighted by Crippen LogP contribution is 2.27. The maximum absolute atomic E-state index is 13.0. The van der Waals surface area contributed by atoms with Crippen molar-refractivity contribution >= 4 is 22.1 Å². The van der Waals surface area contributed by atoms with E-state index >= 15 is 0 Å². The van der Waals surface area contributed by atoms with Crippen LogP contribution in [0.15, 0.2) is 48.7 Å². The molecule has 1 aromatic carbocycles. The second kappa shape index (κ2) is 4.44. The molecule has 0 aliphatic rings. The Balaban J connectivity index is 2.34. The fraction of sp³-hybridized carbons (Fsp3) is 0. The first-order chi connectivity index (χ1) is 9.16. The molecule has 0 unspecified atom stereocenters. The molecular weight excluding hydrogens is 265 g/mol. The summed E-state index contributed by atoms with van der Waals surface area (Å²) >= 11 is 1.20. The van der Waals surface area contributed by atoms with Crippen molar-refractivity contribution < 1.29 is 18.7 Å². The maximum atomic E-state index is 13.0. The molecule has 0 atom stereocenters. The lowest BCUT2D eigenvalue weighted by molar-refractivity contribution is -0.495. The van der Waals surface area contributed by atoms with Crippen molar-refractivity contribution in [2.24, 2.45) is 0 Å². The second-order valence-electron chi connectivity index (χ2n) is 4.00. The number of halogens is 1. The zero-order chi connectivity index (χ0) is 13.4. The van der Waals surface area contributed by atoms with Crippen LogP contribution in [-0.2, 0) is 0 Å². The number of thiazole rings is 1. The van der Waals surface area contributed by atoms with Gasteiger partial charge in [-0.1, -0.05) is 11.3 Å². The number of aromatic nitrogens is 1. The molecule has 3 nitrogen and oxygen atoms in total. The molecule has 0 bridgehead atoms. The smallest absolute Gasteiger partial charge is 0.353 e. The summed E-state index contributed by atoms with van der Waals surface area (Å²) in [7, 11) is 0. The molecule has 5 heteroatoms. The van der Waals surface area contributed by atoms with Gasteiger partial charge in [0.05, 0.1) is 0 Å². The molecule has 0 aliphatic carbocycles. The fourth-order valence-corrected chi connectivity index (χ4v) is 2.99. The van der Waals surface area contributed by atoms with Crippen LogP contribution in [0.3, 0.4) is 0 Å². The standard InChI is InChI=1S/C14H8FNO2S/c15-10-6-4-9(5-7-10)12-13(14(17)18)19-11-3-1-2-8-16(11)12/h1-8H/p+1. The van der Waals surface area contributed by atoms with Crippen LogP contribution in [0.1, 0.15) is 9.67 Å². The topological polar surface area (TPSA) is 41.4 Å². The number of benzene rings is 1. The Morgan fingerprint density at radius 2 is 1.89 bits per heavy atom. The van der Waals surface area contributed by atoms with Crippen molar-refractivity contribution in [1.82, 2.24) is 0 Å². The summed E-state index contributed by atoms with van der Waals surface area (Å²) in [6.07, 6.45) is 1.80. The van der Waals surface area contributed by atoms with E-state index in [2.05, 4.69) is 0 Å². The van der Waals surface area contributed by atoms with E-state index in [0.29, 0.717) is 11.3 Å². The number of nitrogens with zero attached hydrogens (tertiary/aromatic N) is 1. The minimum atomic E-state index is -0.979. The van der Waals surface area contributed by atoms with Crippen molar-refractivity contribution in [3.05, 3.63) is 59.4 Å². The average Bonchev–Trinajstić information content (AvgIpc) is 2.79. The molecule has 0 saturated heterocycles. The van der Waals surface area contributed by atoms with Gasteiger partial charge in [0.2, 0.25) is 5.69 Å². The minimum absolute atomic E-state index is 0.248. The largest absolute Gasteiger partial charge is 0.477 e. The highest BCUT2D eigenvalue weighted by Gasteiger charge is 2.26. The van der Waals surface area contributed by atoms with E-state index in [-0.39, 0.29) is 10.7 Å². The van der Waals surface area contributed by atoms with Gasteiger partial charge in [0.15, 0.2) is 11.1 Å². The van der Waals surface area contributed by atoms with Crippen LogP contribution in [0.25, 0.3) is 16.1 Å². The molecular formula is C14H9FNO2S+. The van der Waals surface area contributed by atoms with E-state index in [9.17, 15) is 14.3 Å². The number of carbonyl (C=O) groups is 1. The molecule has 2 aromatic heterocycles. The van der Waals surface area contributed by atoms with Gasteiger partial charge < -0.3 is 5.11 Å². The van der Waals surface area contributed by atoms with E-state index in [1.165, 1.54) is 23.5 Å². The molecule has 1 N–H and O–H groups in total. The molecule has 2 heterocycles. The van der Waals surface area contributed by atoms with Crippen LogP contribution in [-0.4, -0.2) is 11.1 Å². The molecule has 0 saturated carbocycles. The van der Waals surface area contributed by atoms with Crippen LogP contribution in [0.5, 0.6) is 0 Å². The molecule has 94 valence electrons. The number of carboxylic acid groups (broad SMARTS) is 1. The average molecular weight is 274 g/mol. The van der Waals surface area contributed by atoms with Gasteiger partial charge >= 0.3 is 5.97 Å². The number of fused-ring (bicyclic) bond motifs is 1. The number of hydrogen-bond acceptors (Lipinski definition) is 2. The summed E-state index contributed by atoms with van der Waals surface area (Å²) in [6.45, 7) is 0. The van der Waals surface area contributed by atoms with Crippen LogP contribution in [0.2, 0.25) is 0 Å². The van der Waals surface area contributed by atoms with Gasteiger partial charge in [-0.25, -0.2) is 9.18 Å². The third kappa shape index (κ3) is 1.98. The van der Waals surface area contributed by atoms with Crippen molar-refractivity contribution in [2.75, 3.05) is 0 Å². The predicted molar refractivity (Wildman–Crippen MR) is 69.8 cm³/mol. The van der Waals surface area contributed by atoms with Gasteiger partial charge in [-0.05, 0) is 30.3 Å². The summed E-state index contributed by atoms with van der Waals surface area (Å²) in [5, 5.41) is 9.31. The highest BCUT2D eigenvalue weighted by atomic mass is 32.1. The first-order valence-electron chi connectivity index (χ1n) is 5.59. The summed E-state index contributed by atoms with van der Waals surface area (Å²) in [5.74, 6) is -1.32. The summed E-state index contributed by atoms with van der Waals surface area (Å²) in [6, 6.07) is 11.4. The number of pyridine rings is 1. The van der Waals surface area contributed by atoms with Gasteiger partial charge in [0.25, 0.3) is 4.83 Å². The predicted octanol–water partition coefficient (Wildman–Crippen LogP) is 2.99. The Labute approximate surface area is 112 Å². The highest BCUT2D eigenvalue weighted by molar-refractivity contribution is 7.19. The second-order valence-corrected chi connectivity index (χ2v) is 5.03. The monoisotopic (exact) mass is 274 g/mol.